The fraction of sp³-hybridized carbons (Fsp3) is 0.273. The van der Waals surface area contributed by atoms with Gasteiger partial charge >= 0.3 is 0 Å². The number of amides is 1. The van der Waals surface area contributed by atoms with Gasteiger partial charge in [0, 0.05) is 23.1 Å². The number of thiazole rings is 1. The highest BCUT2D eigenvalue weighted by molar-refractivity contribution is 8.00. The molecule has 2 aromatic carbocycles. The van der Waals surface area contributed by atoms with Gasteiger partial charge in [0.05, 0.1) is 16.4 Å². The Morgan fingerprint density at radius 2 is 1.83 bits per heavy atom. The van der Waals surface area contributed by atoms with E-state index in [0.717, 1.165) is 29.7 Å². The second-order valence-corrected chi connectivity index (χ2v) is 9.39. The van der Waals surface area contributed by atoms with Crippen molar-refractivity contribution in [2.45, 2.75) is 31.1 Å². The van der Waals surface area contributed by atoms with E-state index in [9.17, 15) is 14.9 Å². The van der Waals surface area contributed by atoms with Crippen molar-refractivity contribution < 1.29 is 9.72 Å². The lowest BCUT2D eigenvalue weighted by Gasteiger charge is -2.21. The van der Waals surface area contributed by atoms with Crippen LogP contribution in [0.4, 0.5) is 10.8 Å². The van der Waals surface area contributed by atoms with E-state index in [0.29, 0.717) is 10.9 Å². The number of aryl methyl sites for hydroxylation is 2. The predicted octanol–water partition coefficient (Wildman–Crippen LogP) is 5.38. The highest BCUT2D eigenvalue weighted by Crippen LogP contribution is 2.44. The molecule has 1 aliphatic carbocycles. The number of benzene rings is 2. The van der Waals surface area contributed by atoms with E-state index in [1.54, 1.807) is 17.0 Å². The third-order valence-electron chi connectivity index (χ3n) is 5.60. The Kier molecular flexibility index (Phi) is 5.04. The van der Waals surface area contributed by atoms with Crippen LogP contribution in [0.15, 0.2) is 47.8 Å². The van der Waals surface area contributed by atoms with Crippen LogP contribution in [-0.4, -0.2) is 21.6 Å². The summed E-state index contributed by atoms with van der Waals surface area (Å²) in [7, 11) is 0. The summed E-state index contributed by atoms with van der Waals surface area (Å²) in [5.74, 6) is 0.379. The minimum absolute atomic E-state index is 0.00898. The number of carbonyl (C=O) groups excluding carboxylic acids is 1. The molecular formula is C22H19N3O3S2. The zero-order valence-electron chi connectivity index (χ0n) is 16.1. The Bertz CT molecular complexity index is 1130. The number of aromatic nitrogens is 1. The first-order chi connectivity index (χ1) is 14.6. The number of rotatable bonds is 4. The Morgan fingerprint density at radius 1 is 1.07 bits per heavy atom. The molecule has 6 nitrogen and oxygen atoms in total. The monoisotopic (exact) mass is 437 g/mol. The maximum atomic E-state index is 12.6. The van der Waals surface area contributed by atoms with E-state index >= 15 is 0 Å². The van der Waals surface area contributed by atoms with Crippen LogP contribution in [0.5, 0.6) is 0 Å². The maximum Gasteiger partial charge on any atom is 0.269 e. The second-order valence-electron chi connectivity index (χ2n) is 7.48. The van der Waals surface area contributed by atoms with Gasteiger partial charge in [0.2, 0.25) is 5.91 Å². The van der Waals surface area contributed by atoms with Crippen molar-refractivity contribution in [3.8, 4) is 11.3 Å². The van der Waals surface area contributed by atoms with Crippen LogP contribution >= 0.6 is 23.1 Å². The number of nitro groups is 1. The predicted molar refractivity (Wildman–Crippen MR) is 120 cm³/mol. The second kappa shape index (κ2) is 7.85. The van der Waals surface area contributed by atoms with Crippen molar-refractivity contribution in [1.82, 2.24) is 4.98 Å². The minimum Gasteiger partial charge on any atom is -0.273 e. The SMILES string of the molecule is O=C1CS[C@H](c2ccc([N+](=O)[O-])cc2)N1c1nc(-c2ccc3c(c2)CCCC3)cs1. The smallest absolute Gasteiger partial charge is 0.269 e. The van der Waals surface area contributed by atoms with E-state index in [1.807, 2.05) is 5.38 Å². The van der Waals surface area contributed by atoms with E-state index in [1.165, 1.54) is 59.2 Å². The van der Waals surface area contributed by atoms with Crippen LogP contribution in [0, 0.1) is 10.1 Å². The number of carbonyl (C=O) groups is 1. The van der Waals surface area contributed by atoms with Gasteiger partial charge in [0.25, 0.3) is 5.69 Å². The molecular weight excluding hydrogens is 418 g/mol. The molecule has 1 aliphatic heterocycles. The number of thioether (sulfide) groups is 1. The van der Waals surface area contributed by atoms with Gasteiger partial charge in [-0.2, -0.15) is 0 Å². The molecule has 1 aromatic heterocycles. The van der Waals surface area contributed by atoms with E-state index < -0.39 is 4.92 Å². The largest absolute Gasteiger partial charge is 0.273 e. The topological polar surface area (TPSA) is 76.3 Å². The molecule has 0 saturated carbocycles. The molecule has 30 heavy (non-hydrogen) atoms. The van der Waals surface area contributed by atoms with Crippen LogP contribution in [0.25, 0.3) is 11.3 Å². The number of hydrogen-bond donors (Lipinski definition) is 0. The van der Waals surface area contributed by atoms with Crippen LogP contribution in [0.2, 0.25) is 0 Å². The Labute approximate surface area is 182 Å². The van der Waals surface area contributed by atoms with Gasteiger partial charge < -0.3 is 0 Å². The van der Waals surface area contributed by atoms with Gasteiger partial charge in [-0.3, -0.25) is 19.8 Å². The maximum absolute atomic E-state index is 12.6. The zero-order chi connectivity index (χ0) is 20.7. The summed E-state index contributed by atoms with van der Waals surface area (Å²) in [6, 6.07) is 13.0. The van der Waals surface area contributed by atoms with Crippen LogP contribution in [0.3, 0.4) is 0 Å². The van der Waals surface area contributed by atoms with E-state index in [-0.39, 0.29) is 17.0 Å². The first-order valence-electron chi connectivity index (χ1n) is 9.86. The molecule has 0 N–H and O–H groups in total. The molecule has 1 saturated heterocycles. The van der Waals surface area contributed by atoms with Crippen molar-refractivity contribution in [3.63, 3.8) is 0 Å². The fourth-order valence-corrected chi connectivity index (χ4v) is 6.14. The van der Waals surface area contributed by atoms with E-state index in [4.69, 9.17) is 4.98 Å². The zero-order valence-corrected chi connectivity index (χ0v) is 17.7. The Hall–Kier alpha value is -2.71. The van der Waals surface area contributed by atoms with Gasteiger partial charge in [-0.1, -0.05) is 12.1 Å². The number of nitro benzene ring substituents is 1. The van der Waals surface area contributed by atoms with Crippen LogP contribution < -0.4 is 4.90 Å². The molecule has 152 valence electrons. The van der Waals surface area contributed by atoms with Gasteiger partial charge in [0.15, 0.2) is 5.13 Å². The van der Waals surface area contributed by atoms with Gasteiger partial charge in [-0.25, -0.2) is 4.98 Å². The highest BCUT2D eigenvalue weighted by Gasteiger charge is 2.36. The van der Waals surface area contributed by atoms with Crippen molar-refractivity contribution in [2.75, 3.05) is 10.7 Å². The normalized spacial score (nSPS) is 18.5. The molecule has 5 rings (SSSR count). The third kappa shape index (κ3) is 3.50. The first kappa shape index (κ1) is 19.3. The van der Waals surface area contributed by atoms with Crippen molar-refractivity contribution in [2.24, 2.45) is 0 Å². The fourth-order valence-electron chi connectivity index (χ4n) is 4.04. The molecule has 0 radical (unpaired) electrons. The number of nitrogens with zero attached hydrogens (tertiary/aromatic N) is 3. The lowest BCUT2D eigenvalue weighted by atomic mass is 9.90. The standard InChI is InChI=1S/C22H19N3O3S2/c26-20-13-29-21(15-7-9-18(10-8-15)25(27)28)24(20)22-23-19(12-30-22)17-6-5-14-3-1-2-4-16(14)11-17/h5-12,21H,1-4,13H2/t21-/m1/s1. The average Bonchev–Trinajstić information content (AvgIpc) is 3.40. The number of fused-ring (bicyclic) bond motifs is 1. The Balaban J connectivity index is 1.44. The molecule has 0 unspecified atom stereocenters. The molecule has 1 atom stereocenters. The summed E-state index contributed by atoms with van der Waals surface area (Å²) in [5, 5.41) is 13.4. The summed E-state index contributed by atoms with van der Waals surface area (Å²) in [4.78, 5) is 29.7. The lowest BCUT2D eigenvalue weighted by Crippen LogP contribution is -2.27. The van der Waals surface area contributed by atoms with Crippen LogP contribution in [-0.2, 0) is 17.6 Å². The molecule has 1 fully saturated rings. The van der Waals surface area contributed by atoms with Crippen molar-refractivity contribution in [1.29, 1.82) is 0 Å². The first-order valence-corrected chi connectivity index (χ1v) is 11.8. The quantitative estimate of drug-likeness (QED) is 0.405. The number of non-ortho nitro benzene ring substituents is 1. The highest BCUT2D eigenvalue weighted by atomic mass is 32.2. The van der Waals surface area contributed by atoms with Gasteiger partial charge in [-0.05, 0) is 60.6 Å². The summed E-state index contributed by atoms with van der Waals surface area (Å²) < 4.78 is 0. The summed E-state index contributed by atoms with van der Waals surface area (Å²) in [5.41, 5.74) is 5.72. The summed E-state index contributed by atoms with van der Waals surface area (Å²) in [6.07, 6.45) is 4.75. The molecule has 0 bridgehead atoms. The average molecular weight is 438 g/mol. The molecule has 2 heterocycles. The van der Waals surface area contributed by atoms with Gasteiger partial charge in [-0.15, -0.1) is 23.1 Å². The number of hydrogen-bond acceptors (Lipinski definition) is 6. The van der Waals surface area contributed by atoms with Gasteiger partial charge in [0.1, 0.15) is 5.37 Å². The Morgan fingerprint density at radius 3 is 2.60 bits per heavy atom. The van der Waals surface area contributed by atoms with E-state index in [2.05, 4.69) is 18.2 Å². The van der Waals surface area contributed by atoms with Crippen LogP contribution in [0.1, 0.15) is 34.9 Å². The summed E-state index contributed by atoms with van der Waals surface area (Å²) in [6.45, 7) is 0. The molecule has 0 spiro atoms. The molecule has 3 aromatic rings. The molecule has 8 heteroatoms. The molecule has 2 aliphatic rings. The van der Waals surface area contributed by atoms with Crippen molar-refractivity contribution in [3.05, 3.63) is 74.6 Å². The minimum atomic E-state index is -0.416. The third-order valence-corrected chi connectivity index (χ3v) is 7.65. The van der Waals surface area contributed by atoms with Crippen molar-refractivity contribution >= 4 is 39.8 Å². The number of anilines is 1. The lowest BCUT2D eigenvalue weighted by molar-refractivity contribution is -0.384. The summed E-state index contributed by atoms with van der Waals surface area (Å²) >= 11 is 2.98. The molecule has 1 amide bonds.